The summed E-state index contributed by atoms with van der Waals surface area (Å²) in [4.78, 5) is 11.7. The topological polar surface area (TPSA) is 80.7 Å². The molecule has 0 amide bonds. The molecule has 14 heteroatoms. The molecule has 140 valence electrons. The number of carbonyl (C=O) groups is 1. The lowest BCUT2D eigenvalue weighted by atomic mass is 9.94. The Labute approximate surface area is 136 Å². The number of ether oxygens (including phenoxy) is 1. The van der Waals surface area contributed by atoms with Crippen LogP contribution in [-0.4, -0.2) is 50.5 Å². The minimum atomic E-state index is -6.48. The lowest BCUT2D eigenvalue weighted by Gasteiger charge is -2.35. The quantitative estimate of drug-likeness (QED) is 0.356. The highest BCUT2D eigenvalue weighted by atomic mass is 32.2. The van der Waals surface area contributed by atoms with Crippen LogP contribution in [0, 0.1) is 5.82 Å². The van der Waals surface area contributed by atoms with E-state index in [-0.39, 0.29) is 5.46 Å². The summed E-state index contributed by atoms with van der Waals surface area (Å²) >= 11 is 0. The van der Waals surface area contributed by atoms with Gasteiger partial charge in [0, 0.05) is 0 Å². The Morgan fingerprint density at radius 1 is 1.12 bits per heavy atom. The number of hydrogen-bond donors (Lipinski definition) is 1. The fraction of sp³-hybridized carbons (Fsp3) is 0.364. The maximum atomic E-state index is 13.5. The summed E-state index contributed by atoms with van der Waals surface area (Å²) in [5.74, 6) is -6.92. The molecular formula is C11H8BF7O5S. The number of hydrogen-bond acceptors (Lipinski definition) is 4. The zero-order chi connectivity index (χ0) is 19.8. The van der Waals surface area contributed by atoms with Gasteiger partial charge in [-0.2, -0.15) is 34.8 Å². The molecule has 5 nitrogen and oxygen atoms in total. The van der Waals surface area contributed by atoms with E-state index in [1.165, 1.54) is 7.85 Å². The second kappa shape index (κ2) is 6.48. The van der Waals surface area contributed by atoms with Gasteiger partial charge >= 0.3 is 23.9 Å². The molecule has 0 atom stereocenters. The minimum Gasteiger partial charge on any atom is -0.434 e. The van der Waals surface area contributed by atoms with Crippen molar-refractivity contribution in [3.8, 4) is 0 Å². The summed E-state index contributed by atoms with van der Waals surface area (Å²) in [6, 6.07) is 2.28. The number of alkyl halides is 6. The van der Waals surface area contributed by atoms with E-state index < -0.39 is 51.2 Å². The lowest BCUT2D eigenvalue weighted by Crippen LogP contribution is -2.63. The molecule has 0 aliphatic rings. The summed E-state index contributed by atoms with van der Waals surface area (Å²) in [7, 11) is -4.65. The monoisotopic (exact) mass is 396 g/mol. The van der Waals surface area contributed by atoms with Gasteiger partial charge in [-0.25, -0.2) is 9.18 Å². The molecule has 0 spiro atoms. The van der Waals surface area contributed by atoms with Crippen LogP contribution in [0.1, 0.15) is 10.4 Å². The molecule has 25 heavy (non-hydrogen) atoms. The molecule has 1 N–H and O–H groups in total. The van der Waals surface area contributed by atoms with E-state index in [1.54, 1.807) is 0 Å². The fourth-order valence-electron chi connectivity index (χ4n) is 1.74. The number of benzene rings is 1. The molecule has 1 rings (SSSR count). The minimum absolute atomic E-state index is 0.104. The normalized spacial score (nSPS) is 13.6. The van der Waals surface area contributed by atoms with E-state index in [0.717, 1.165) is 6.07 Å². The Hall–Kier alpha value is -1.83. The zero-order valence-electron chi connectivity index (χ0n) is 12.1. The molecule has 0 saturated carbocycles. The van der Waals surface area contributed by atoms with Crippen LogP contribution in [0.5, 0.6) is 0 Å². The van der Waals surface area contributed by atoms with Crippen molar-refractivity contribution >= 4 is 29.4 Å². The molecule has 0 radical (unpaired) electrons. The summed E-state index contributed by atoms with van der Waals surface area (Å²) in [5.41, 5.74) is -6.75. The van der Waals surface area contributed by atoms with Crippen LogP contribution < -0.4 is 5.46 Å². The highest BCUT2D eigenvalue weighted by molar-refractivity contribution is 7.85. The van der Waals surface area contributed by atoms with Gasteiger partial charge in [0.15, 0.2) is 0 Å². The Morgan fingerprint density at radius 2 is 1.60 bits per heavy atom. The van der Waals surface area contributed by atoms with Gasteiger partial charge in [-0.1, -0.05) is 17.6 Å². The van der Waals surface area contributed by atoms with E-state index in [1.807, 2.05) is 0 Å². The number of halogens is 7. The number of esters is 1. The van der Waals surface area contributed by atoms with Crippen molar-refractivity contribution in [1.82, 2.24) is 0 Å². The van der Waals surface area contributed by atoms with Crippen molar-refractivity contribution in [2.45, 2.75) is 18.0 Å². The molecular weight excluding hydrogens is 388 g/mol. The Morgan fingerprint density at radius 3 is 2.00 bits per heavy atom. The van der Waals surface area contributed by atoms with Crippen LogP contribution >= 0.6 is 0 Å². The third kappa shape index (κ3) is 4.63. The van der Waals surface area contributed by atoms with Crippen LogP contribution in [0.25, 0.3) is 0 Å². The third-order valence-electron chi connectivity index (χ3n) is 2.91. The van der Waals surface area contributed by atoms with Gasteiger partial charge in [-0.05, 0) is 6.07 Å². The van der Waals surface area contributed by atoms with E-state index in [9.17, 15) is 43.9 Å². The first-order chi connectivity index (χ1) is 11.0. The van der Waals surface area contributed by atoms with Crippen LogP contribution in [0.3, 0.4) is 0 Å². The van der Waals surface area contributed by atoms with E-state index in [2.05, 4.69) is 4.74 Å². The van der Waals surface area contributed by atoms with Gasteiger partial charge in [0.05, 0.1) is 5.56 Å². The maximum Gasteiger partial charge on any atom is 0.438 e. The Kier molecular flexibility index (Phi) is 5.50. The predicted molar refractivity (Wildman–Crippen MR) is 71.3 cm³/mol. The lowest BCUT2D eigenvalue weighted by molar-refractivity contribution is -0.356. The van der Waals surface area contributed by atoms with E-state index in [0.29, 0.717) is 12.1 Å². The van der Waals surface area contributed by atoms with E-state index in [4.69, 9.17) is 4.55 Å². The highest BCUT2D eigenvalue weighted by Crippen LogP contribution is 2.47. The molecule has 1 aromatic carbocycles. The average Bonchev–Trinajstić information content (AvgIpc) is 2.36. The summed E-state index contributed by atoms with van der Waals surface area (Å²) in [6.45, 7) is 0. The smallest absolute Gasteiger partial charge is 0.434 e. The molecule has 0 aliphatic heterocycles. The third-order valence-corrected chi connectivity index (χ3v) is 3.68. The van der Waals surface area contributed by atoms with Crippen molar-refractivity contribution in [3.05, 3.63) is 29.6 Å². The fourth-order valence-corrected chi connectivity index (χ4v) is 2.64. The maximum absolute atomic E-state index is 13.5. The van der Waals surface area contributed by atoms with Crippen LogP contribution in [-0.2, 0) is 14.9 Å². The summed E-state index contributed by atoms with van der Waals surface area (Å²) in [6.07, 6.45) is -13.0. The molecule has 1 aromatic rings. The largest absolute Gasteiger partial charge is 0.438 e. The van der Waals surface area contributed by atoms with Crippen molar-refractivity contribution in [2.24, 2.45) is 0 Å². The summed E-state index contributed by atoms with van der Waals surface area (Å²) in [5, 5.41) is 0. The van der Waals surface area contributed by atoms with Crippen LogP contribution in [0.2, 0.25) is 0 Å². The molecule has 0 aliphatic carbocycles. The zero-order valence-corrected chi connectivity index (χ0v) is 12.9. The first-order valence-electron chi connectivity index (χ1n) is 6.08. The van der Waals surface area contributed by atoms with E-state index >= 15 is 0 Å². The molecule has 0 aromatic heterocycles. The SMILES string of the molecule is Bc1ccc(F)c(C(=O)OC(CS(=O)(=O)O)(C(F)(F)F)C(F)(F)F)c1. The van der Waals surface area contributed by atoms with Crippen LogP contribution in [0.15, 0.2) is 18.2 Å². The highest BCUT2D eigenvalue weighted by Gasteiger charge is 2.76. The molecule has 0 heterocycles. The molecule has 0 bridgehead atoms. The number of carbonyl (C=O) groups excluding carboxylic acids is 1. The first-order valence-corrected chi connectivity index (χ1v) is 7.69. The second-order valence-corrected chi connectivity index (χ2v) is 6.37. The van der Waals surface area contributed by atoms with Crippen LogP contribution in [0.4, 0.5) is 30.7 Å². The molecule has 0 fully saturated rings. The predicted octanol–water partition coefficient (Wildman–Crippen LogP) is 0.992. The van der Waals surface area contributed by atoms with Gasteiger partial charge in [-0.3, -0.25) is 4.55 Å². The van der Waals surface area contributed by atoms with Crippen molar-refractivity contribution in [3.63, 3.8) is 0 Å². The number of rotatable bonds is 4. The second-order valence-electron chi connectivity index (χ2n) is 4.92. The van der Waals surface area contributed by atoms with Gasteiger partial charge in [0.1, 0.15) is 19.4 Å². The van der Waals surface area contributed by atoms with Gasteiger partial charge in [0.25, 0.3) is 10.1 Å². The first kappa shape index (κ1) is 21.2. The van der Waals surface area contributed by atoms with Crippen molar-refractivity contribution in [1.29, 1.82) is 0 Å². The molecule has 0 saturated heterocycles. The Balaban J connectivity index is 3.53. The van der Waals surface area contributed by atoms with Crippen molar-refractivity contribution in [2.75, 3.05) is 5.75 Å². The standard InChI is InChI=1S/C11H8BF7O5S/c12-5-1-2-7(13)6(3-5)8(20)24-9(10(14,15)16,11(17,18)19)4-25(21,22)23/h1-3H,4,12H2,(H,21,22,23). The van der Waals surface area contributed by atoms with Gasteiger partial charge < -0.3 is 4.74 Å². The molecule has 0 unspecified atom stereocenters. The van der Waals surface area contributed by atoms with Crippen molar-refractivity contribution < 1.29 is 53.2 Å². The van der Waals surface area contributed by atoms with Gasteiger partial charge in [-0.15, -0.1) is 0 Å². The average molecular weight is 396 g/mol. The summed E-state index contributed by atoms with van der Waals surface area (Å²) < 4.78 is 125. The Bertz CT molecular complexity index is 758. The van der Waals surface area contributed by atoms with Gasteiger partial charge in [0.2, 0.25) is 0 Å².